The monoisotopic (exact) mass is 216 g/mol. The van der Waals surface area contributed by atoms with E-state index in [9.17, 15) is 4.39 Å². The van der Waals surface area contributed by atoms with Gasteiger partial charge in [-0.25, -0.2) is 4.39 Å². The first kappa shape index (κ1) is 14.9. The van der Waals surface area contributed by atoms with Crippen LogP contribution in [0.5, 0.6) is 0 Å². The molecule has 0 N–H and O–H groups in total. The first-order valence-electron chi connectivity index (χ1n) is 6.74. The van der Waals surface area contributed by atoms with Gasteiger partial charge in [0.05, 0.1) is 6.17 Å². The third kappa shape index (κ3) is 8.89. The van der Waals surface area contributed by atoms with E-state index in [1.165, 1.54) is 32.1 Å². The SMILES string of the molecule is CCCC(C)CC(CC)CCCC(C)F. The van der Waals surface area contributed by atoms with Gasteiger partial charge < -0.3 is 0 Å². The Hall–Kier alpha value is -0.0700. The van der Waals surface area contributed by atoms with Gasteiger partial charge in [0, 0.05) is 0 Å². The molecule has 0 nitrogen and oxygen atoms in total. The summed E-state index contributed by atoms with van der Waals surface area (Å²) in [6.45, 7) is 8.54. The van der Waals surface area contributed by atoms with Crippen LogP contribution in [-0.2, 0) is 0 Å². The number of alkyl halides is 1. The third-order valence-corrected chi connectivity index (χ3v) is 3.31. The molecule has 92 valence electrons. The lowest BCUT2D eigenvalue weighted by Gasteiger charge is -2.19. The van der Waals surface area contributed by atoms with Crippen LogP contribution in [0.25, 0.3) is 0 Å². The molecule has 0 aliphatic rings. The number of hydrogen-bond acceptors (Lipinski definition) is 0. The minimum absolute atomic E-state index is 0.615. The highest BCUT2D eigenvalue weighted by molar-refractivity contribution is 4.63. The van der Waals surface area contributed by atoms with Crippen molar-refractivity contribution in [2.75, 3.05) is 0 Å². The summed E-state index contributed by atoms with van der Waals surface area (Å²) >= 11 is 0. The van der Waals surface area contributed by atoms with Gasteiger partial charge in [-0.15, -0.1) is 0 Å². The molecule has 1 heteroatoms. The molecule has 0 heterocycles. The van der Waals surface area contributed by atoms with Crippen molar-refractivity contribution in [2.45, 2.75) is 78.8 Å². The van der Waals surface area contributed by atoms with Crippen molar-refractivity contribution in [1.82, 2.24) is 0 Å². The predicted octanol–water partition coefficient (Wildman–Crippen LogP) is 5.37. The summed E-state index contributed by atoms with van der Waals surface area (Å²) < 4.78 is 12.6. The molecule has 0 amide bonds. The zero-order valence-electron chi connectivity index (χ0n) is 11.1. The first-order chi connectivity index (χ1) is 7.10. The standard InChI is InChI=1S/C14H29F/c1-5-8-12(3)11-14(6-2)10-7-9-13(4)15/h12-14H,5-11H2,1-4H3. The van der Waals surface area contributed by atoms with E-state index in [2.05, 4.69) is 20.8 Å². The average molecular weight is 216 g/mol. The van der Waals surface area contributed by atoms with Crippen LogP contribution >= 0.6 is 0 Å². The lowest BCUT2D eigenvalue weighted by molar-refractivity contribution is 0.296. The van der Waals surface area contributed by atoms with Gasteiger partial charge in [0.1, 0.15) is 0 Å². The van der Waals surface area contributed by atoms with Crippen LogP contribution in [-0.4, -0.2) is 6.17 Å². The molecule has 0 spiro atoms. The highest BCUT2D eigenvalue weighted by Gasteiger charge is 2.11. The van der Waals surface area contributed by atoms with Crippen LogP contribution < -0.4 is 0 Å². The summed E-state index contributed by atoms with van der Waals surface area (Å²) in [7, 11) is 0. The maximum absolute atomic E-state index is 12.6. The molecule has 0 fully saturated rings. The van der Waals surface area contributed by atoms with Crippen molar-refractivity contribution in [2.24, 2.45) is 11.8 Å². The predicted molar refractivity (Wildman–Crippen MR) is 66.9 cm³/mol. The van der Waals surface area contributed by atoms with Crippen LogP contribution in [0.2, 0.25) is 0 Å². The van der Waals surface area contributed by atoms with Crippen LogP contribution in [0.4, 0.5) is 4.39 Å². The van der Waals surface area contributed by atoms with Crippen molar-refractivity contribution in [3.63, 3.8) is 0 Å². The van der Waals surface area contributed by atoms with E-state index in [4.69, 9.17) is 0 Å². The van der Waals surface area contributed by atoms with E-state index in [1.54, 1.807) is 6.92 Å². The lowest BCUT2D eigenvalue weighted by atomic mass is 9.87. The Bertz CT molecular complexity index is 131. The van der Waals surface area contributed by atoms with Crippen molar-refractivity contribution < 1.29 is 4.39 Å². The second kappa shape index (κ2) is 9.18. The van der Waals surface area contributed by atoms with Gasteiger partial charge in [-0.05, 0) is 31.6 Å². The van der Waals surface area contributed by atoms with Crippen LogP contribution in [0.15, 0.2) is 0 Å². The highest BCUT2D eigenvalue weighted by Crippen LogP contribution is 2.24. The first-order valence-corrected chi connectivity index (χ1v) is 6.74. The molecule has 0 aromatic heterocycles. The largest absolute Gasteiger partial charge is 0.248 e. The van der Waals surface area contributed by atoms with E-state index in [0.717, 1.165) is 24.7 Å². The molecule has 3 atom stereocenters. The van der Waals surface area contributed by atoms with Gasteiger partial charge in [-0.1, -0.05) is 52.9 Å². The molecular formula is C14H29F. The van der Waals surface area contributed by atoms with Gasteiger partial charge in [0.2, 0.25) is 0 Å². The van der Waals surface area contributed by atoms with E-state index in [-0.39, 0.29) is 0 Å². The van der Waals surface area contributed by atoms with Crippen LogP contribution in [0.1, 0.15) is 72.6 Å². The Morgan fingerprint density at radius 1 is 1.00 bits per heavy atom. The molecule has 0 aliphatic carbocycles. The molecule has 3 unspecified atom stereocenters. The minimum Gasteiger partial charge on any atom is -0.248 e. The topological polar surface area (TPSA) is 0 Å². The van der Waals surface area contributed by atoms with E-state index in [0.29, 0.717) is 0 Å². The van der Waals surface area contributed by atoms with Gasteiger partial charge in [-0.3, -0.25) is 0 Å². The second-order valence-electron chi connectivity index (χ2n) is 5.12. The summed E-state index contributed by atoms with van der Waals surface area (Å²) in [5.74, 6) is 1.67. The fraction of sp³-hybridized carbons (Fsp3) is 1.00. The molecule has 0 aromatic carbocycles. The molecule has 0 saturated heterocycles. The van der Waals surface area contributed by atoms with Crippen LogP contribution in [0, 0.1) is 11.8 Å². The second-order valence-corrected chi connectivity index (χ2v) is 5.12. The molecule has 0 aromatic rings. The maximum Gasteiger partial charge on any atom is 0.0973 e. The molecular weight excluding hydrogens is 187 g/mol. The van der Waals surface area contributed by atoms with Crippen molar-refractivity contribution in [1.29, 1.82) is 0 Å². The summed E-state index contributed by atoms with van der Waals surface area (Å²) in [4.78, 5) is 0. The molecule has 15 heavy (non-hydrogen) atoms. The van der Waals surface area contributed by atoms with Crippen LogP contribution in [0.3, 0.4) is 0 Å². The number of rotatable bonds is 9. The number of halogens is 1. The molecule has 0 saturated carbocycles. The van der Waals surface area contributed by atoms with Gasteiger partial charge >= 0.3 is 0 Å². The summed E-state index contributed by atoms with van der Waals surface area (Å²) in [6.07, 6.45) is 7.65. The summed E-state index contributed by atoms with van der Waals surface area (Å²) in [5.41, 5.74) is 0. The number of hydrogen-bond donors (Lipinski definition) is 0. The Morgan fingerprint density at radius 2 is 1.67 bits per heavy atom. The fourth-order valence-corrected chi connectivity index (χ4v) is 2.36. The zero-order valence-corrected chi connectivity index (χ0v) is 11.1. The van der Waals surface area contributed by atoms with Crippen molar-refractivity contribution in [3.8, 4) is 0 Å². The van der Waals surface area contributed by atoms with E-state index < -0.39 is 6.17 Å². The van der Waals surface area contributed by atoms with E-state index in [1.807, 2.05) is 0 Å². The van der Waals surface area contributed by atoms with Crippen molar-refractivity contribution in [3.05, 3.63) is 0 Å². The normalized spacial score (nSPS) is 17.4. The summed E-state index contributed by atoms with van der Waals surface area (Å²) in [6, 6.07) is 0. The zero-order chi connectivity index (χ0) is 11.7. The Morgan fingerprint density at radius 3 is 2.13 bits per heavy atom. The molecule has 0 aliphatic heterocycles. The van der Waals surface area contributed by atoms with E-state index >= 15 is 0 Å². The molecule has 0 bridgehead atoms. The summed E-state index contributed by atoms with van der Waals surface area (Å²) in [5, 5.41) is 0. The minimum atomic E-state index is -0.615. The fourth-order valence-electron chi connectivity index (χ4n) is 2.36. The average Bonchev–Trinajstić information content (AvgIpc) is 2.16. The smallest absolute Gasteiger partial charge is 0.0973 e. The maximum atomic E-state index is 12.6. The lowest BCUT2D eigenvalue weighted by Crippen LogP contribution is -2.06. The molecule has 0 rings (SSSR count). The quantitative estimate of drug-likeness (QED) is 0.486. The van der Waals surface area contributed by atoms with Gasteiger partial charge in [-0.2, -0.15) is 0 Å². The molecule has 0 radical (unpaired) electrons. The Labute approximate surface area is 95.6 Å². The van der Waals surface area contributed by atoms with Crippen molar-refractivity contribution >= 4 is 0 Å². The Balaban J connectivity index is 3.62. The highest BCUT2D eigenvalue weighted by atomic mass is 19.1. The van der Waals surface area contributed by atoms with Gasteiger partial charge in [0.25, 0.3) is 0 Å². The van der Waals surface area contributed by atoms with Gasteiger partial charge in [0.15, 0.2) is 0 Å². The Kier molecular flexibility index (Phi) is 9.13. The third-order valence-electron chi connectivity index (χ3n) is 3.31.